The van der Waals surface area contributed by atoms with Gasteiger partial charge in [-0.2, -0.15) is 0 Å². The maximum atomic E-state index is 9.16. The SMILES string of the molecule is COc1ccc(Br)cc1CCNCC(C)(C)CO. The summed E-state index contributed by atoms with van der Waals surface area (Å²) in [5, 5.41) is 12.5. The van der Waals surface area contributed by atoms with Crippen molar-refractivity contribution in [1.82, 2.24) is 5.32 Å². The number of hydrogen-bond acceptors (Lipinski definition) is 3. The molecule has 0 atom stereocenters. The van der Waals surface area contributed by atoms with Crippen molar-refractivity contribution >= 4 is 15.9 Å². The van der Waals surface area contributed by atoms with E-state index >= 15 is 0 Å². The second-order valence-corrected chi connectivity index (χ2v) is 6.12. The Balaban J connectivity index is 2.46. The standard InChI is InChI=1S/C14H22BrNO2/c1-14(2,10-17)9-16-7-6-11-8-12(15)4-5-13(11)18-3/h4-5,8,16-17H,6-7,9-10H2,1-3H3. The first-order valence-electron chi connectivity index (χ1n) is 6.12. The van der Waals surface area contributed by atoms with E-state index < -0.39 is 0 Å². The highest BCUT2D eigenvalue weighted by Gasteiger charge is 2.15. The molecule has 0 amide bonds. The lowest BCUT2D eigenvalue weighted by molar-refractivity contribution is 0.157. The second kappa shape index (κ2) is 7.12. The van der Waals surface area contributed by atoms with E-state index in [1.54, 1.807) is 7.11 Å². The molecule has 1 aromatic carbocycles. The molecule has 0 aliphatic heterocycles. The fourth-order valence-corrected chi connectivity index (χ4v) is 2.06. The lowest BCUT2D eigenvalue weighted by Gasteiger charge is -2.22. The van der Waals surface area contributed by atoms with Gasteiger partial charge in [0.05, 0.1) is 7.11 Å². The van der Waals surface area contributed by atoms with E-state index in [9.17, 15) is 0 Å². The van der Waals surface area contributed by atoms with Crippen LogP contribution in [0.3, 0.4) is 0 Å². The molecule has 0 saturated carbocycles. The number of methoxy groups -OCH3 is 1. The summed E-state index contributed by atoms with van der Waals surface area (Å²) in [7, 11) is 1.69. The third-order valence-electron chi connectivity index (χ3n) is 2.85. The van der Waals surface area contributed by atoms with E-state index in [1.165, 1.54) is 5.56 Å². The van der Waals surface area contributed by atoms with E-state index in [0.717, 1.165) is 29.7 Å². The molecule has 102 valence electrons. The first-order chi connectivity index (χ1) is 8.48. The molecule has 2 N–H and O–H groups in total. The second-order valence-electron chi connectivity index (χ2n) is 5.21. The minimum atomic E-state index is -0.0681. The Morgan fingerprint density at radius 1 is 1.39 bits per heavy atom. The Morgan fingerprint density at radius 3 is 2.72 bits per heavy atom. The maximum Gasteiger partial charge on any atom is 0.122 e. The summed E-state index contributed by atoms with van der Waals surface area (Å²) < 4.78 is 6.39. The van der Waals surface area contributed by atoms with Crippen LogP contribution in [-0.4, -0.2) is 31.9 Å². The Kier molecular flexibility index (Phi) is 6.12. The zero-order chi connectivity index (χ0) is 13.6. The fraction of sp³-hybridized carbons (Fsp3) is 0.571. The summed E-state index contributed by atoms with van der Waals surface area (Å²) >= 11 is 3.47. The van der Waals surface area contributed by atoms with Gasteiger partial charge in [0.2, 0.25) is 0 Å². The molecule has 18 heavy (non-hydrogen) atoms. The van der Waals surface area contributed by atoms with Crippen molar-refractivity contribution in [3.05, 3.63) is 28.2 Å². The van der Waals surface area contributed by atoms with E-state index in [-0.39, 0.29) is 12.0 Å². The number of ether oxygens (including phenoxy) is 1. The lowest BCUT2D eigenvalue weighted by atomic mass is 9.95. The van der Waals surface area contributed by atoms with Crippen molar-refractivity contribution < 1.29 is 9.84 Å². The smallest absolute Gasteiger partial charge is 0.122 e. The topological polar surface area (TPSA) is 41.5 Å². The monoisotopic (exact) mass is 315 g/mol. The van der Waals surface area contributed by atoms with E-state index in [4.69, 9.17) is 9.84 Å². The predicted molar refractivity (Wildman–Crippen MR) is 78.1 cm³/mol. The van der Waals surface area contributed by atoms with Gasteiger partial charge in [-0.15, -0.1) is 0 Å². The van der Waals surface area contributed by atoms with Gasteiger partial charge in [-0.3, -0.25) is 0 Å². The predicted octanol–water partition coefficient (Wildman–Crippen LogP) is 2.61. The van der Waals surface area contributed by atoms with Crippen LogP contribution < -0.4 is 10.1 Å². The number of hydrogen-bond donors (Lipinski definition) is 2. The molecule has 0 fully saturated rings. The van der Waals surface area contributed by atoms with Gasteiger partial charge in [0.25, 0.3) is 0 Å². The third kappa shape index (κ3) is 4.96. The quantitative estimate of drug-likeness (QED) is 0.760. The zero-order valence-corrected chi connectivity index (χ0v) is 12.9. The van der Waals surface area contributed by atoms with Gasteiger partial charge < -0.3 is 15.2 Å². The molecular formula is C14H22BrNO2. The highest BCUT2D eigenvalue weighted by atomic mass is 79.9. The van der Waals surface area contributed by atoms with Crippen LogP contribution in [0, 0.1) is 5.41 Å². The summed E-state index contributed by atoms with van der Waals surface area (Å²) in [4.78, 5) is 0. The average Bonchev–Trinajstić information content (AvgIpc) is 2.35. The summed E-state index contributed by atoms with van der Waals surface area (Å²) in [6, 6.07) is 6.03. The zero-order valence-electron chi connectivity index (χ0n) is 11.3. The van der Waals surface area contributed by atoms with Gasteiger partial charge in [0.1, 0.15) is 5.75 Å². The number of aliphatic hydroxyl groups excluding tert-OH is 1. The molecule has 0 heterocycles. The van der Waals surface area contributed by atoms with Crippen molar-refractivity contribution in [2.45, 2.75) is 20.3 Å². The van der Waals surface area contributed by atoms with Crippen molar-refractivity contribution in [3.8, 4) is 5.75 Å². The van der Waals surface area contributed by atoms with Gasteiger partial charge in [-0.25, -0.2) is 0 Å². The molecule has 0 radical (unpaired) electrons. The molecular weight excluding hydrogens is 294 g/mol. The van der Waals surface area contributed by atoms with Gasteiger partial charge in [0.15, 0.2) is 0 Å². The molecule has 0 aliphatic carbocycles. The van der Waals surface area contributed by atoms with E-state index in [0.29, 0.717) is 0 Å². The first kappa shape index (κ1) is 15.5. The van der Waals surface area contributed by atoms with Crippen molar-refractivity contribution in [1.29, 1.82) is 0 Å². The van der Waals surface area contributed by atoms with Crippen LogP contribution in [0.5, 0.6) is 5.75 Å². The number of rotatable bonds is 7. The number of halogens is 1. The number of aliphatic hydroxyl groups is 1. The Bertz CT molecular complexity index is 380. The molecule has 4 heteroatoms. The van der Waals surface area contributed by atoms with Crippen LogP contribution in [-0.2, 0) is 6.42 Å². The first-order valence-corrected chi connectivity index (χ1v) is 6.92. The summed E-state index contributed by atoms with van der Waals surface area (Å²) in [6.07, 6.45) is 0.907. The van der Waals surface area contributed by atoms with Crippen LogP contribution in [0.2, 0.25) is 0 Å². The Hall–Kier alpha value is -0.580. The van der Waals surface area contributed by atoms with Gasteiger partial charge in [0, 0.05) is 23.0 Å². The third-order valence-corrected chi connectivity index (χ3v) is 3.34. The molecule has 1 rings (SSSR count). The number of nitrogens with one attached hydrogen (secondary N) is 1. The molecule has 0 bridgehead atoms. The van der Waals surface area contributed by atoms with Crippen LogP contribution in [0.15, 0.2) is 22.7 Å². The molecule has 0 spiro atoms. The highest BCUT2D eigenvalue weighted by molar-refractivity contribution is 9.10. The Morgan fingerprint density at radius 2 is 2.11 bits per heavy atom. The molecule has 1 aromatic rings. The maximum absolute atomic E-state index is 9.16. The molecule has 0 aromatic heterocycles. The molecule has 0 saturated heterocycles. The van der Waals surface area contributed by atoms with Gasteiger partial charge in [-0.05, 0) is 36.7 Å². The van der Waals surface area contributed by atoms with Crippen molar-refractivity contribution in [3.63, 3.8) is 0 Å². The molecule has 0 aliphatic rings. The average molecular weight is 316 g/mol. The van der Waals surface area contributed by atoms with E-state index in [1.807, 2.05) is 26.0 Å². The summed E-state index contributed by atoms with van der Waals surface area (Å²) in [6.45, 7) is 5.95. The van der Waals surface area contributed by atoms with Crippen molar-refractivity contribution in [2.24, 2.45) is 5.41 Å². The van der Waals surface area contributed by atoms with Crippen LogP contribution >= 0.6 is 15.9 Å². The largest absolute Gasteiger partial charge is 0.496 e. The minimum Gasteiger partial charge on any atom is -0.496 e. The number of benzene rings is 1. The van der Waals surface area contributed by atoms with Crippen LogP contribution in [0.25, 0.3) is 0 Å². The summed E-state index contributed by atoms with van der Waals surface area (Å²) in [5.41, 5.74) is 1.11. The fourth-order valence-electron chi connectivity index (χ4n) is 1.65. The summed E-state index contributed by atoms with van der Waals surface area (Å²) in [5.74, 6) is 0.918. The van der Waals surface area contributed by atoms with Gasteiger partial charge >= 0.3 is 0 Å². The van der Waals surface area contributed by atoms with Crippen molar-refractivity contribution in [2.75, 3.05) is 26.8 Å². The van der Waals surface area contributed by atoms with Crippen LogP contribution in [0.1, 0.15) is 19.4 Å². The van der Waals surface area contributed by atoms with Crippen LogP contribution in [0.4, 0.5) is 0 Å². The van der Waals surface area contributed by atoms with Gasteiger partial charge in [-0.1, -0.05) is 29.8 Å². The lowest BCUT2D eigenvalue weighted by Crippen LogP contribution is -2.33. The van der Waals surface area contributed by atoms with E-state index in [2.05, 4.69) is 27.3 Å². The normalized spacial score (nSPS) is 11.6. The molecule has 0 unspecified atom stereocenters. The minimum absolute atomic E-state index is 0.0681. The molecule has 3 nitrogen and oxygen atoms in total. The Labute approximate surface area is 118 Å². The highest BCUT2D eigenvalue weighted by Crippen LogP contribution is 2.23.